The van der Waals surface area contributed by atoms with E-state index in [1.54, 1.807) is 0 Å². The highest BCUT2D eigenvalue weighted by Gasteiger charge is 2.65. The number of esters is 2. The maximum absolute atomic E-state index is 13.5. The van der Waals surface area contributed by atoms with Gasteiger partial charge in [0, 0.05) is 5.41 Å². The number of hydrogen-bond acceptors (Lipinski definition) is 5. The second-order valence-electron chi connectivity index (χ2n) is 10.0. The Morgan fingerprint density at radius 2 is 1.39 bits per heavy atom. The van der Waals surface area contributed by atoms with Gasteiger partial charge in [-0.15, -0.1) is 0 Å². The van der Waals surface area contributed by atoms with Crippen LogP contribution in [0.25, 0.3) is 0 Å². The van der Waals surface area contributed by atoms with E-state index in [1.807, 2.05) is 103 Å². The van der Waals surface area contributed by atoms with E-state index in [0.717, 1.165) is 11.1 Å². The molecule has 1 fully saturated rings. The highest BCUT2D eigenvalue weighted by atomic mass is 16.6. The van der Waals surface area contributed by atoms with E-state index < -0.39 is 22.9 Å². The number of carbonyl (C=O) groups excluding carboxylic acids is 2. The summed E-state index contributed by atoms with van der Waals surface area (Å²) in [7, 11) is 2.03. The standard InChI is InChI=1S/C27H35BO5/c1-18(24(29)31-16-20-12-8-6-9-13-20)27(5)22(23(19(2)28)33-26(27,3)4)25(30)32-17-21-14-10-7-11-15-21/h6-15,18-19,22-23H,16-17,28H2,1-5H3/t18?,19-,22?,23?,27+/m1/s1. The second-order valence-corrected chi connectivity index (χ2v) is 10.0. The molecule has 2 aromatic carbocycles. The number of carbonyl (C=O) groups is 2. The average Bonchev–Trinajstić information content (AvgIpc) is 3.03. The van der Waals surface area contributed by atoms with Crippen LogP contribution >= 0.6 is 0 Å². The molecule has 176 valence electrons. The lowest BCUT2D eigenvalue weighted by atomic mass is 9.58. The molecule has 0 N–H and O–H groups in total. The summed E-state index contributed by atoms with van der Waals surface area (Å²) in [5.41, 5.74) is 0.290. The van der Waals surface area contributed by atoms with Gasteiger partial charge in [0.05, 0.1) is 23.5 Å². The van der Waals surface area contributed by atoms with Crippen molar-refractivity contribution in [1.29, 1.82) is 0 Å². The third-order valence-corrected chi connectivity index (χ3v) is 7.31. The molecule has 0 saturated carbocycles. The first-order valence-electron chi connectivity index (χ1n) is 11.7. The molecule has 1 aliphatic rings. The van der Waals surface area contributed by atoms with Gasteiger partial charge in [-0.05, 0) is 30.8 Å². The van der Waals surface area contributed by atoms with Crippen LogP contribution in [0, 0.1) is 17.3 Å². The molecule has 0 aliphatic carbocycles. The first-order valence-corrected chi connectivity index (χ1v) is 11.7. The first kappa shape index (κ1) is 25.0. The lowest BCUT2D eigenvalue weighted by Gasteiger charge is -2.43. The Hall–Kier alpha value is -2.60. The van der Waals surface area contributed by atoms with Gasteiger partial charge in [0.1, 0.15) is 21.1 Å². The molecular formula is C27H35BO5. The van der Waals surface area contributed by atoms with E-state index in [-0.39, 0.29) is 37.1 Å². The average molecular weight is 450 g/mol. The summed E-state index contributed by atoms with van der Waals surface area (Å²) in [4.78, 5) is 26.7. The van der Waals surface area contributed by atoms with Gasteiger partial charge >= 0.3 is 11.9 Å². The largest absolute Gasteiger partial charge is 0.461 e. The van der Waals surface area contributed by atoms with Crippen molar-refractivity contribution in [2.75, 3.05) is 0 Å². The molecular weight excluding hydrogens is 415 g/mol. The topological polar surface area (TPSA) is 61.8 Å². The molecule has 2 aromatic rings. The molecule has 3 rings (SSSR count). The maximum atomic E-state index is 13.5. The minimum Gasteiger partial charge on any atom is -0.461 e. The van der Waals surface area contributed by atoms with Gasteiger partial charge < -0.3 is 14.2 Å². The number of rotatable bonds is 8. The molecule has 1 heterocycles. The number of ether oxygens (including phenoxy) is 3. The van der Waals surface area contributed by atoms with E-state index in [1.165, 1.54) is 0 Å². The Labute approximate surface area is 198 Å². The molecule has 0 bridgehead atoms. The molecule has 0 radical (unpaired) electrons. The predicted octanol–water partition coefficient (Wildman–Crippen LogP) is 4.35. The maximum Gasteiger partial charge on any atom is 0.312 e. The van der Waals surface area contributed by atoms with Gasteiger partial charge in [-0.2, -0.15) is 0 Å². The van der Waals surface area contributed by atoms with Gasteiger partial charge in [-0.25, -0.2) is 0 Å². The van der Waals surface area contributed by atoms with Gasteiger partial charge in [-0.3, -0.25) is 9.59 Å². The molecule has 0 amide bonds. The van der Waals surface area contributed by atoms with Crippen molar-refractivity contribution in [3.8, 4) is 0 Å². The van der Waals surface area contributed by atoms with Crippen LogP contribution in [0.3, 0.4) is 0 Å². The van der Waals surface area contributed by atoms with Crippen molar-refractivity contribution in [2.24, 2.45) is 17.3 Å². The van der Waals surface area contributed by atoms with Crippen LogP contribution in [0.4, 0.5) is 0 Å². The molecule has 0 spiro atoms. The molecule has 1 aliphatic heterocycles. The van der Waals surface area contributed by atoms with Crippen molar-refractivity contribution in [1.82, 2.24) is 0 Å². The Kier molecular flexibility index (Phi) is 7.68. The van der Waals surface area contributed by atoms with Gasteiger partial charge in [-0.1, -0.05) is 81.4 Å². The van der Waals surface area contributed by atoms with Crippen molar-refractivity contribution in [2.45, 2.75) is 65.4 Å². The van der Waals surface area contributed by atoms with Crippen molar-refractivity contribution < 1.29 is 23.8 Å². The van der Waals surface area contributed by atoms with Crippen LogP contribution in [0.1, 0.15) is 45.7 Å². The lowest BCUT2D eigenvalue weighted by molar-refractivity contribution is -0.165. The Morgan fingerprint density at radius 1 is 0.909 bits per heavy atom. The SMILES string of the molecule is B[C@H](C)C1OC(C)(C)[C@@](C)(C(C)C(=O)OCc2ccccc2)C1C(=O)OCc1ccccc1. The summed E-state index contributed by atoms with van der Waals surface area (Å²) in [5.74, 6) is -1.78. The van der Waals surface area contributed by atoms with E-state index in [9.17, 15) is 9.59 Å². The normalized spacial score (nSPS) is 25.7. The highest BCUT2D eigenvalue weighted by molar-refractivity contribution is 6.12. The molecule has 33 heavy (non-hydrogen) atoms. The van der Waals surface area contributed by atoms with Crippen LogP contribution in [-0.4, -0.2) is 31.5 Å². The highest BCUT2D eigenvalue weighted by Crippen LogP contribution is 2.57. The lowest BCUT2D eigenvalue weighted by Crippen LogP contribution is -2.51. The minimum atomic E-state index is -0.816. The zero-order valence-electron chi connectivity index (χ0n) is 20.5. The van der Waals surface area contributed by atoms with E-state index >= 15 is 0 Å². The summed E-state index contributed by atoms with van der Waals surface area (Å²) in [6.07, 6.45) is -0.363. The van der Waals surface area contributed by atoms with Crippen LogP contribution in [0.15, 0.2) is 60.7 Å². The fourth-order valence-corrected chi connectivity index (χ4v) is 4.86. The molecule has 5 atom stereocenters. The molecule has 1 saturated heterocycles. The Bertz CT molecular complexity index is 943. The summed E-state index contributed by atoms with van der Waals surface area (Å²) < 4.78 is 17.9. The zero-order valence-corrected chi connectivity index (χ0v) is 20.5. The summed E-state index contributed by atoms with van der Waals surface area (Å²) >= 11 is 0. The Morgan fingerprint density at radius 3 is 1.88 bits per heavy atom. The fraction of sp³-hybridized carbons (Fsp3) is 0.481. The van der Waals surface area contributed by atoms with E-state index in [2.05, 4.69) is 0 Å². The van der Waals surface area contributed by atoms with Crippen molar-refractivity contribution in [3.63, 3.8) is 0 Å². The molecule has 3 unspecified atom stereocenters. The third kappa shape index (κ3) is 5.16. The van der Waals surface area contributed by atoms with Crippen LogP contribution < -0.4 is 0 Å². The number of hydrogen-bond donors (Lipinski definition) is 0. The van der Waals surface area contributed by atoms with Gasteiger partial charge in [0.25, 0.3) is 0 Å². The number of benzene rings is 2. The van der Waals surface area contributed by atoms with Crippen molar-refractivity contribution >= 4 is 19.8 Å². The first-order chi connectivity index (χ1) is 15.6. The van der Waals surface area contributed by atoms with Crippen LogP contribution in [-0.2, 0) is 37.0 Å². The molecule has 6 heteroatoms. The van der Waals surface area contributed by atoms with Crippen molar-refractivity contribution in [3.05, 3.63) is 71.8 Å². The van der Waals surface area contributed by atoms with E-state index in [4.69, 9.17) is 14.2 Å². The van der Waals surface area contributed by atoms with Gasteiger partial charge in [0.15, 0.2) is 0 Å². The zero-order chi connectivity index (χ0) is 24.2. The predicted molar refractivity (Wildman–Crippen MR) is 130 cm³/mol. The fourth-order valence-electron chi connectivity index (χ4n) is 4.86. The molecule has 5 nitrogen and oxygen atoms in total. The Balaban J connectivity index is 1.83. The second kappa shape index (κ2) is 10.1. The van der Waals surface area contributed by atoms with E-state index in [0.29, 0.717) is 0 Å². The molecule has 0 aromatic heterocycles. The smallest absolute Gasteiger partial charge is 0.312 e. The van der Waals surface area contributed by atoms with Gasteiger partial charge in [0.2, 0.25) is 0 Å². The summed E-state index contributed by atoms with van der Waals surface area (Å²) in [6.45, 7) is 10.1. The summed E-state index contributed by atoms with van der Waals surface area (Å²) in [6, 6.07) is 19.2. The summed E-state index contributed by atoms with van der Waals surface area (Å²) in [5, 5.41) is 0. The minimum absolute atomic E-state index is 0.0768. The third-order valence-electron chi connectivity index (χ3n) is 7.31. The van der Waals surface area contributed by atoms with Crippen LogP contribution in [0.5, 0.6) is 0 Å². The van der Waals surface area contributed by atoms with Crippen LogP contribution in [0.2, 0.25) is 5.82 Å². The monoisotopic (exact) mass is 450 g/mol. The quantitative estimate of drug-likeness (QED) is 0.442.